The van der Waals surface area contributed by atoms with E-state index in [0.29, 0.717) is 11.3 Å². The molecule has 1 aromatic heterocycles. The first kappa shape index (κ1) is 15.2. The fraction of sp³-hybridized carbons (Fsp3) is 0.0455. The van der Waals surface area contributed by atoms with Gasteiger partial charge in [-0.15, -0.1) is 0 Å². The molecule has 3 nitrogen and oxygen atoms in total. The third-order valence-corrected chi connectivity index (χ3v) is 4.11. The van der Waals surface area contributed by atoms with Gasteiger partial charge in [0.25, 0.3) is 0 Å². The van der Waals surface area contributed by atoms with Crippen LogP contribution in [-0.2, 0) is 4.79 Å². The number of benzene rings is 3. The predicted octanol–water partition coefficient (Wildman–Crippen LogP) is 5.73. The summed E-state index contributed by atoms with van der Waals surface area (Å²) in [5, 5.41) is 2.15. The van der Waals surface area contributed by atoms with E-state index in [1.54, 1.807) is 13.0 Å². The Kier molecular flexibility index (Phi) is 3.62. The monoisotopic (exact) mass is 328 g/mol. The molecule has 0 radical (unpaired) electrons. The third kappa shape index (κ3) is 2.70. The number of furan rings is 1. The number of fused-ring (bicyclic) bond motifs is 3. The number of hydrogen-bond donors (Lipinski definition) is 0. The molecule has 25 heavy (non-hydrogen) atoms. The zero-order chi connectivity index (χ0) is 17.4. The van der Waals surface area contributed by atoms with Crippen LogP contribution < -0.4 is 4.74 Å². The quantitative estimate of drug-likeness (QED) is 0.274. The maximum atomic E-state index is 11.7. The summed E-state index contributed by atoms with van der Waals surface area (Å²) >= 11 is 0. The first-order chi connectivity index (χ1) is 12.1. The average molecular weight is 328 g/mol. The van der Waals surface area contributed by atoms with Crippen molar-refractivity contribution in [3.8, 4) is 16.9 Å². The number of hydrogen-bond acceptors (Lipinski definition) is 3. The normalized spacial score (nSPS) is 10.9. The van der Waals surface area contributed by atoms with Gasteiger partial charge in [-0.1, -0.05) is 55.1 Å². The second kappa shape index (κ2) is 5.95. The summed E-state index contributed by atoms with van der Waals surface area (Å²) in [6.45, 7) is 5.23. The number of ether oxygens (including phenoxy) is 1. The molecule has 4 aromatic rings. The maximum Gasteiger partial charge on any atom is 0.338 e. The zero-order valence-electron chi connectivity index (χ0n) is 13.8. The van der Waals surface area contributed by atoms with E-state index in [4.69, 9.17) is 9.15 Å². The second-order valence-electron chi connectivity index (χ2n) is 5.98. The Morgan fingerprint density at radius 3 is 2.56 bits per heavy atom. The van der Waals surface area contributed by atoms with E-state index >= 15 is 0 Å². The summed E-state index contributed by atoms with van der Waals surface area (Å²) in [4.78, 5) is 11.7. The van der Waals surface area contributed by atoms with E-state index in [1.165, 1.54) is 0 Å². The largest absolute Gasteiger partial charge is 0.455 e. The zero-order valence-corrected chi connectivity index (χ0v) is 13.8. The van der Waals surface area contributed by atoms with Gasteiger partial charge in [0, 0.05) is 21.9 Å². The molecule has 122 valence electrons. The highest BCUT2D eigenvalue weighted by Gasteiger charge is 2.13. The van der Waals surface area contributed by atoms with Crippen LogP contribution in [0.5, 0.6) is 5.75 Å². The van der Waals surface area contributed by atoms with E-state index in [-0.39, 0.29) is 0 Å². The molecule has 0 atom stereocenters. The molecule has 0 amide bonds. The Morgan fingerprint density at radius 1 is 0.960 bits per heavy atom. The molecule has 1 heterocycles. The number of para-hydroxylation sites is 2. The highest BCUT2D eigenvalue weighted by atomic mass is 16.5. The topological polar surface area (TPSA) is 39.4 Å². The van der Waals surface area contributed by atoms with Gasteiger partial charge in [0.1, 0.15) is 16.9 Å². The molecule has 4 rings (SSSR count). The predicted molar refractivity (Wildman–Crippen MR) is 99.6 cm³/mol. The van der Waals surface area contributed by atoms with Crippen LogP contribution >= 0.6 is 0 Å². The van der Waals surface area contributed by atoms with E-state index in [2.05, 4.69) is 18.7 Å². The Morgan fingerprint density at radius 2 is 1.72 bits per heavy atom. The third-order valence-electron chi connectivity index (χ3n) is 4.11. The molecule has 0 aliphatic carbocycles. The molecule has 0 bridgehead atoms. The summed E-state index contributed by atoms with van der Waals surface area (Å²) in [7, 11) is 0. The van der Waals surface area contributed by atoms with Gasteiger partial charge < -0.3 is 9.15 Å². The summed E-state index contributed by atoms with van der Waals surface area (Å²) in [6, 6.07) is 21.5. The van der Waals surface area contributed by atoms with Gasteiger partial charge in [-0.2, -0.15) is 0 Å². The van der Waals surface area contributed by atoms with Crippen LogP contribution in [0.25, 0.3) is 33.1 Å². The van der Waals surface area contributed by atoms with Crippen LogP contribution in [0.4, 0.5) is 0 Å². The molecule has 3 heteroatoms. The standard InChI is InChI=1S/C22H16O3/c1-14(2)22(23)24-16-8-5-7-15(13-16)17-10-6-11-19-18-9-3-4-12-20(18)25-21(17)19/h3-13H,1H2,2H3. The smallest absolute Gasteiger partial charge is 0.338 e. The summed E-state index contributed by atoms with van der Waals surface area (Å²) in [6.07, 6.45) is 0. The molecular weight excluding hydrogens is 312 g/mol. The lowest BCUT2D eigenvalue weighted by Gasteiger charge is -2.07. The van der Waals surface area contributed by atoms with Crippen LogP contribution in [0.1, 0.15) is 6.92 Å². The van der Waals surface area contributed by atoms with Crippen molar-refractivity contribution in [2.24, 2.45) is 0 Å². The van der Waals surface area contributed by atoms with Gasteiger partial charge in [0.2, 0.25) is 0 Å². The molecule has 0 aliphatic rings. The summed E-state index contributed by atoms with van der Waals surface area (Å²) in [5.74, 6) is 0.0534. The minimum absolute atomic E-state index is 0.366. The molecule has 0 fully saturated rings. The van der Waals surface area contributed by atoms with Crippen LogP contribution in [0.3, 0.4) is 0 Å². The van der Waals surface area contributed by atoms with E-state index in [9.17, 15) is 4.79 Å². The van der Waals surface area contributed by atoms with Crippen molar-refractivity contribution in [2.75, 3.05) is 0 Å². The van der Waals surface area contributed by atoms with Crippen LogP contribution in [0.2, 0.25) is 0 Å². The Labute approximate surface area is 145 Å². The molecule has 0 spiro atoms. The first-order valence-corrected chi connectivity index (χ1v) is 8.02. The highest BCUT2D eigenvalue weighted by Crippen LogP contribution is 2.36. The molecular formula is C22H16O3. The first-order valence-electron chi connectivity index (χ1n) is 8.02. The van der Waals surface area contributed by atoms with Crippen LogP contribution in [-0.4, -0.2) is 5.97 Å². The average Bonchev–Trinajstić information content (AvgIpc) is 3.00. The number of esters is 1. The van der Waals surface area contributed by atoms with Gasteiger partial charge in [0.15, 0.2) is 0 Å². The van der Waals surface area contributed by atoms with E-state index in [0.717, 1.165) is 33.1 Å². The van der Waals surface area contributed by atoms with Gasteiger partial charge in [-0.25, -0.2) is 4.79 Å². The van der Waals surface area contributed by atoms with Crippen molar-refractivity contribution < 1.29 is 13.9 Å². The Hall–Kier alpha value is -3.33. The molecule has 0 N–H and O–H groups in total. The molecule has 0 saturated carbocycles. The SMILES string of the molecule is C=C(C)C(=O)Oc1cccc(-c2cccc3c2oc2ccccc23)c1. The fourth-order valence-corrected chi connectivity index (χ4v) is 2.90. The van der Waals surface area contributed by atoms with Gasteiger partial charge in [0.05, 0.1) is 0 Å². The fourth-order valence-electron chi connectivity index (χ4n) is 2.90. The van der Waals surface area contributed by atoms with Crippen LogP contribution in [0.15, 0.2) is 83.3 Å². The van der Waals surface area contributed by atoms with Crippen molar-refractivity contribution in [3.05, 3.63) is 78.9 Å². The summed E-state index contributed by atoms with van der Waals surface area (Å²) in [5.41, 5.74) is 3.94. The second-order valence-corrected chi connectivity index (χ2v) is 5.98. The molecule has 0 unspecified atom stereocenters. The summed E-state index contributed by atoms with van der Waals surface area (Å²) < 4.78 is 11.4. The van der Waals surface area contributed by atoms with E-state index < -0.39 is 5.97 Å². The number of carbonyl (C=O) groups excluding carboxylic acids is 1. The Balaban J connectivity index is 1.85. The molecule has 3 aromatic carbocycles. The van der Waals surface area contributed by atoms with Crippen LogP contribution in [0, 0.1) is 0 Å². The maximum absolute atomic E-state index is 11.7. The minimum Gasteiger partial charge on any atom is -0.455 e. The van der Waals surface area contributed by atoms with Crippen molar-refractivity contribution in [2.45, 2.75) is 6.92 Å². The van der Waals surface area contributed by atoms with Gasteiger partial charge in [-0.3, -0.25) is 0 Å². The van der Waals surface area contributed by atoms with Crippen molar-refractivity contribution in [3.63, 3.8) is 0 Å². The minimum atomic E-state index is -0.431. The van der Waals surface area contributed by atoms with Crippen molar-refractivity contribution in [1.82, 2.24) is 0 Å². The van der Waals surface area contributed by atoms with E-state index in [1.807, 2.05) is 48.5 Å². The van der Waals surface area contributed by atoms with Crippen molar-refractivity contribution >= 4 is 27.9 Å². The molecule has 0 saturated heterocycles. The number of carbonyl (C=O) groups is 1. The lowest BCUT2D eigenvalue weighted by molar-refractivity contribution is -0.130. The van der Waals surface area contributed by atoms with Crippen molar-refractivity contribution in [1.29, 1.82) is 0 Å². The van der Waals surface area contributed by atoms with Gasteiger partial charge in [-0.05, 0) is 30.7 Å². The number of rotatable bonds is 3. The molecule has 0 aliphatic heterocycles. The lowest BCUT2D eigenvalue weighted by atomic mass is 10.0. The highest BCUT2D eigenvalue weighted by molar-refractivity contribution is 6.09. The lowest BCUT2D eigenvalue weighted by Crippen LogP contribution is -2.08. The van der Waals surface area contributed by atoms with Gasteiger partial charge >= 0.3 is 5.97 Å². The Bertz CT molecular complexity index is 1120.